The topological polar surface area (TPSA) is 194 Å². The molecule has 0 aromatic carbocycles. The van der Waals surface area contributed by atoms with Crippen LogP contribution in [0, 0.1) is 0 Å². The first-order chi connectivity index (χ1) is 12.1. The van der Waals surface area contributed by atoms with Crippen molar-refractivity contribution in [1.82, 2.24) is 5.32 Å². The Labute approximate surface area is 149 Å². The molecule has 11 heteroatoms. The highest BCUT2D eigenvalue weighted by Gasteiger charge is 2.53. The minimum absolute atomic E-state index is 0.0441. The molecule has 1 saturated heterocycles. The molecule has 150 valence electrons. The van der Waals surface area contributed by atoms with Crippen LogP contribution in [0.1, 0.15) is 32.6 Å². The van der Waals surface area contributed by atoms with E-state index in [2.05, 4.69) is 5.32 Å². The van der Waals surface area contributed by atoms with Crippen molar-refractivity contribution in [3.63, 3.8) is 0 Å². The second-order valence-corrected chi connectivity index (χ2v) is 6.17. The molecule has 0 radical (unpaired) electrons. The van der Waals surface area contributed by atoms with Crippen LogP contribution in [0.25, 0.3) is 0 Å². The van der Waals surface area contributed by atoms with E-state index in [-0.39, 0.29) is 25.0 Å². The van der Waals surface area contributed by atoms with Gasteiger partial charge in [0.15, 0.2) is 0 Å². The lowest BCUT2D eigenvalue weighted by Crippen LogP contribution is -2.67. The summed E-state index contributed by atoms with van der Waals surface area (Å²) in [7, 11) is 0. The number of hydrogen-bond acceptors (Lipinski definition) is 9. The van der Waals surface area contributed by atoms with E-state index >= 15 is 0 Å². The summed E-state index contributed by atoms with van der Waals surface area (Å²) >= 11 is 0. The van der Waals surface area contributed by atoms with Gasteiger partial charge >= 0.3 is 5.97 Å². The zero-order chi connectivity index (χ0) is 20.1. The van der Waals surface area contributed by atoms with Crippen LogP contribution < -0.4 is 5.32 Å². The predicted molar refractivity (Wildman–Crippen MR) is 83.6 cm³/mol. The van der Waals surface area contributed by atoms with Gasteiger partial charge < -0.3 is 40.7 Å². The van der Waals surface area contributed by atoms with Crippen molar-refractivity contribution in [2.45, 2.75) is 68.9 Å². The number of ketones is 1. The lowest BCUT2D eigenvalue weighted by atomic mass is 9.88. The Hall–Kier alpha value is -1.63. The van der Waals surface area contributed by atoms with E-state index in [4.69, 9.17) is 14.9 Å². The van der Waals surface area contributed by atoms with Gasteiger partial charge in [-0.05, 0) is 0 Å². The van der Waals surface area contributed by atoms with E-state index in [1.807, 2.05) is 0 Å². The van der Waals surface area contributed by atoms with Crippen molar-refractivity contribution in [3.05, 3.63) is 0 Å². The van der Waals surface area contributed by atoms with E-state index in [1.165, 1.54) is 0 Å². The fourth-order valence-corrected chi connectivity index (χ4v) is 2.59. The predicted octanol–water partition coefficient (Wildman–Crippen LogP) is -3.13. The summed E-state index contributed by atoms with van der Waals surface area (Å²) < 4.78 is 4.94. The number of Topliss-reactive ketones (excluding diaryl/α,β-unsaturated/α-hetero) is 1. The maximum Gasteiger partial charge on any atom is 0.364 e. The number of nitrogens with one attached hydrogen (secondary N) is 1. The van der Waals surface area contributed by atoms with E-state index in [0.29, 0.717) is 0 Å². The fourth-order valence-electron chi connectivity index (χ4n) is 2.59. The normalized spacial score (nSPS) is 31.1. The molecule has 1 fully saturated rings. The Morgan fingerprint density at radius 2 is 1.88 bits per heavy atom. The highest BCUT2D eigenvalue weighted by atomic mass is 16.7. The van der Waals surface area contributed by atoms with E-state index < -0.39 is 61.1 Å². The van der Waals surface area contributed by atoms with Crippen LogP contribution in [-0.2, 0) is 19.1 Å². The summed E-state index contributed by atoms with van der Waals surface area (Å²) in [6.45, 7) is 0.725. The number of aliphatic hydroxyl groups is 5. The van der Waals surface area contributed by atoms with Crippen LogP contribution in [0.5, 0.6) is 0 Å². The molecule has 1 rings (SSSR count). The summed E-state index contributed by atoms with van der Waals surface area (Å²) in [6, 6.07) is -1.38. The maximum absolute atomic E-state index is 12.0. The standard InChI is InChI=1S/C15H25NO10/c1-2-7(18)3-4-10(21)16-11-8(19)5-15(25,14(23)24)26-13(11)12(22)9(20)6-17/h8-9,11-13,17,19-20,22,25H,2-6H2,1H3,(H,16,21)(H,23,24)/t8-,9+,11+,12+,13+,15?/m0/s1. The number of hydrogen-bond donors (Lipinski definition) is 7. The molecule has 1 aliphatic rings. The summed E-state index contributed by atoms with van der Waals surface area (Å²) in [4.78, 5) is 34.4. The summed E-state index contributed by atoms with van der Waals surface area (Å²) in [5, 5.41) is 60.1. The number of ether oxygens (including phenoxy) is 1. The first-order valence-corrected chi connectivity index (χ1v) is 8.15. The average molecular weight is 379 g/mol. The van der Waals surface area contributed by atoms with Crippen LogP contribution in [-0.4, -0.2) is 91.2 Å². The van der Waals surface area contributed by atoms with Crippen molar-refractivity contribution >= 4 is 17.7 Å². The monoisotopic (exact) mass is 379 g/mol. The molecule has 26 heavy (non-hydrogen) atoms. The third kappa shape index (κ3) is 5.43. The Bertz CT molecular complexity index is 527. The lowest BCUT2D eigenvalue weighted by molar-refractivity contribution is -0.295. The third-order valence-electron chi connectivity index (χ3n) is 4.19. The first-order valence-electron chi connectivity index (χ1n) is 8.15. The van der Waals surface area contributed by atoms with Crippen LogP contribution in [0.4, 0.5) is 0 Å². The smallest absolute Gasteiger partial charge is 0.364 e. The maximum atomic E-state index is 12.0. The molecular formula is C15H25NO10. The minimum Gasteiger partial charge on any atom is -0.477 e. The van der Waals surface area contributed by atoms with Crippen molar-refractivity contribution in [3.8, 4) is 0 Å². The van der Waals surface area contributed by atoms with Crippen LogP contribution in [0.3, 0.4) is 0 Å². The molecule has 1 unspecified atom stereocenters. The Morgan fingerprint density at radius 1 is 1.27 bits per heavy atom. The van der Waals surface area contributed by atoms with E-state index in [0.717, 1.165) is 0 Å². The number of carboxylic acids is 1. The highest BCUT2D eigenvalue weighted by molar-refractivity contribution is 5.85. The number of rotatable bonds is 9. The van der Waals surface area contributed by atoms with Gasteiger partial charge in [-0.25, -0.2) is 4.79 Å². The van der Waals surface area contributed by atoms with Gasteiger partial charge in [-0.15, -0.1) is 0 Å². The van der Waals surface area contributed by atoms with Crippen LogP contribution in [0.15, 0.2) is 0 Å². The number of carbonyl (C=O) groups excluding carboxylic acids is 2. The first kappa shape index (κ1) is 22.4. The van der Waals surface area contributed by atoms with Gasteiger partial charge in [0, 0.05) is 25.7 Å². The SMILES string of the molecule is CCC(=O)CCC(=O)N[C@H]1[C@H]([C@H](O)[C@H](O)CO)OC(O)(C(=O)O)C[C@@H]1O. The van der Waals surface area contributed by atoms with Gasteiger partial charge in [-0.1, -0.05) is 6.92 Å². The van der Waals surface area contributed by atoms with E-state index in [9.17, 15) is 34.8 Å². The number of aliphatic hydroxyl groups excluding tert-OH is 4. The molecule has 0 saturated carbocycles. The number of aliphatic carboxylic acids is 1. The number of carbonyl (C=O) groups is 3. The molecule has 11 nitrogen and oxygen atoms in total. The summed E-state index contributed by atoms with van der Waals surface area (Å²) in [5.74, 6) is -5.51. The van der Waals surface area contributed by atoms with Crippen molar-refractivity contribution < 1.29 is 49.8 Å². The fraction of sp³-hybridized carbons (Fsp3) is 0.800. The largest absolute Gasteiger partial charge is 0.477 e. The van der Waals surface area contributed by atoms with Gasteiger partial charge in [0.2, 0.25) is 5.91 Å². The quantitative estimate of drug-likeness (QED) is 0.215. The summed E-state index contributed by atoms with van der Waals surface area (Å²) in [5.41, 5.74) is 0. The molecule has 0 aromatic rings. The van der Waals surface area contributed by atoms with Crippen LogP contribution >= 0.6 is 0 Å². The summed E-state index contributed by atoms with van der Waals surface area (Å²) in [6.07, 6.45) is -7.86. The molecule has 7 N–H and O–H groups in total. The van der Waals surface area contributed by atoms with E-state index in [1.54, 1.807) is 6.92 Å². The molecule has 1 heterocycles. The Balaban J connectivity index is 2.96. The zero-order valence-corrected chi connectivity index (χ0v) is 14.2. The molecular weight excluding hydrogens is 354 g/mol. The lowest BCUT2D eigenvalue weighted by Gasteiger charge is -2.44. The molecule has 0 aliphatic carbocycles. The number of carboxylic acid groups (broad SMARTS) is 1. The third-order valence-corrected chi connectivity index (χ3v) is 4.19. The molecule has 1 aliphatic heterocycles. The van der Waals surface area contributed by atoms with Gasteiger partial charge in [0.25, 0.3) is 5.79 Å². The van der Waals surface area contributed by atoms with Crippen molar-refractivity contribution in [1.29, 1.82) is 0 Å². The van der Waals surface area contributed by atoms with Gasteiger partial charge in [0.05, 0.1) is 18.8 Å². The Morgan fingerprint density at radius 3 is 2.38 bits per heavy atom. The molecule has 0 spiro atoms. The second-order valence-electron chi connectivity index (χ2n) is 6.17. The average Bonchev–Trinajstić information content (AvgIpc) is 2.60. The molecule has 0 bridgehead atoms. The van der Waals surface area contributed by atoms with Gasteiger partial charge in [-0.3, -0.25) is 9.59 Å². The van der Waals surface area contributed by atoms with Gasteiger partial charge in [0.1, 0.15) is 24.1 Å². The van der Waals surface area contributed by atoms with Crippen molar-refractivity contribution in [2.24, 2.45) is 0 Å². The number of amides is 1. The Kier molecular flexibility index (Phi) is 8.06. The second kappa shape index (κ2) is 9.35. The highest BCUT2D eigenvalue weighted by Crippen LogP contribution is 2.30. The van der Waals surface area contributed by atoms with Crippen LogP contribution in [0.2, 0.25) is 0 Å². The minimum atomic E-state index is -2.85. The molecule has 0 aromatic heterocycles. The zero-order valence-electron chi connectivity index (χ0n) is 14.2. The van der Waals surface area contributed by atoms with Crippen molar-refractivity contribution in [2.75, 3.05) is 6.61 Å². The molecule has 1 amide bonds. The molecule has 6 atom stereocenters. The van der Waals surface area contributed by atoms with Gasteiger partial charge in [-0.2, -0.15) is 0 Å².